The van der Waals surface area contributed by atoms with E-state index in [4.69, 9.17) is 4.98 Å². The van der Waals surface area contributed by atoms with Gasteiger partial charge in [-0.2, -0.15) is 9.61 Å². The molecule has 0 saturated carbocycles. The van der Waals surface area contributed by atoms with Gasteiger partial charge in [-0.1, -0.05) is 36.4 Å². The van der Waals surface area contributed by atoms with Crippen molar-refractivity contribution >= 4 is 22.5 Å². The van der Waals surface area contributed by atoms with Crippen LogP contribution in [0.2, 0.25) is 0 Å². The van der Waals surface area contributed by atoms with Crippen molar-refractivity contribution in [3.8, 4) is 11.3 Å². The number of anilines is 1. The van der Waals surface area contributed by atoms with Crippen LogP contribution in [0.15, 0.2) is 67.1 Å². The first-order valence-corrected chi connectivity index (χ1v) is 9.24. The number of hydrogen-bond acceptors (Lipinski definition) is 4. The van der Waals surface area contributed by atoms with E-state index in [1.165, 1.54) is 5.56 Å². The van der Waals surface area contributed by atoms with Crippen LogP contribution in [0.3, 0.4) is 0 Å². The van der Waals surface area contributed by atoms with Gasteiger partial charge < -0.3 is 9.88 Å². The van der Waals surface area contributed by atoms with E-state index in [9.17, 15) is 0 Å². The molecule has 28 heavy (non-hydrogen) atoms. The van der Waals surface area contributed by atoms with E-state index >= 15 is 0 Å². The molecule has 0 aliphatic carbocycles. The lowest BCUT2D eigenvalue weighted by molar-refractivity contribution is 0.927. The highest BCUT2D eigenvalue weighted by atomic mass is 15.3. The highest BCUT2D eigenvalue weighted by Gasteiger charge is 2.11. The topological polar surface area (TPSA) is 60.0 Å². The summed E-state index contributed by atoms with van der Waals surface area (Å²) in [6, 6.07) is 18.6. The molecule has 5 aromatic rings. The molecule has 3 aromatic heterocycles. The van der Waals surface area contributed by atoms with Crippen molar-refractivity contribution in [2.75, 3.05) is 5.32 Å². The SMILES string of the molecule is Cc1cnn2c(NCc3ccc4c(c3)ncn4C)cc(-c3ccccc3)nc12. The molecule has 3 heterocycles. The van der Waals surface area contributed by atoms with Gasteiger partial charge in [0.05, 0.1) is 29.3 Å². The first kappa shape index (κ1) is 16.5. The summed E-state index contributed by atoms with van der Waals surface area (Å²) in [7, 11) is 2.01. The lowest BCUT2D eigenvalue weighted by Gasteiger charge is -2.11. The van der Waals surface area contributed by atoms with Gasteiger partial charge in [0.25, 0.3) is 0 Å². The molecule has 5 rings (SSSR count). The number of benzene rings is 2. The van der Waals surface area contributed by atoms with Crippen molar-refractivity contribution in [3.05, 3.63) is 78.2 Å². The zero-order valence-electron chi connectivity index (χ0n) is 15.8. The van der Waals surface area contributed by atoms with Crippen molar-refractivity contribution in [2.24, 2.45) is 7.05 Å². The lowest BCUT2D eigenvalue weighted by atomic mass is 10.1. The molecule has 0 aliphatic heterocycles. The summed E-state index contributed by atoms with van der Waals surface area (Å²) in [6.07, 6.45) is 3.69. The largest absolute Gasteiger partial charge is 0.366 e. The summed E-state index contributed by atoms with van der Waals surface area (Å²) >= 11 is 0. The van der Waals surface area contributed by atoms with Gasteiger partial charge in [0.1, 0.15) is 5.82 Å². The van der Waals surface area contributed by atoms with Gasteiger partial charge in [-0.15, -0.1) is 0 Å². The molecule has 0 atom stereocenters. The predicted octanol–water partition coefficient (Wildman–Crippen LogP) is 4.20. The molecule has 0 radical (unpaired) electrons. The van der Waals surface area contributed by atoms with Gasteiger partial charge in [0, 0.05) is 30.8 Å². The number of nitrogens with one attached hydrogen (secondary N) is 1. The zero-order valence-corrected chi connectivity index (χ0v) is 15.8. The van der Waals surface area contributed by atoms with Gasteiger partial charge in [-0.3, -0.25) is 0 Å². The minimum absolute atomic E-state index is 0.679. The molecular formula is C22H20N6. The maximum atomic E-state index is 4.81. The standard InChI is InChI=1S/C22H20N6/c1-15-12-25-28-21(11-18(26-22(15)28)17-6-4-3-5-7-17)23-13-16-8-9-20-19(10-16)24-14-27(20)2/h3-12,14,23H,13H2,1-2H3. The summed E-state index contributed by atoms with van der Waals surface area (Å²) in [5.41, 5.74) is 7.23. The number of rotatable bonds is 4. The second-order valence-electron chi connectivity index (χ2n) is 6.99. The Morgan fingerprint density at radius 3 is 2.75 bits per heavy atom. The third-order valence-electron chi connectivity index (χ3n) is 4.98. The molecule has 1 N–H and O–H groups in total. The van der Waals surface area contributed by atoms with Crippen LogP contribution in [0.5, 0.6) is 0 Å². The van der Waals surface area contributed by atoms with Gasteiger partial charge in [-0.25, -0.2) is 9.97 Å². The second kappa shape index (κ2) is 6.49. The number of aryl methyl sites for hydroxylation is 2. The molecule has 0 unspecified atom stereocenters. The molecule has 0 saturated heterocycles. The number of hydrogen-bond donors (Lipinski definition) is 1. The average molecular weight is 368 g/mol. The summed E-state index contributed by atoms with van der Waals surface area (Å²) in [5, 5.41) is 8.02. The van der Waals surface area contributed by atoms with E-state index in [-0.39, 0.29) is 0 Å². The first-order chi connectivity index (χ1) is 13.7. The van der Waals surface area contributed by atoms with E-state index in [0.717, 1.165) is 39.3 Å². The first-order valence-electron chi connectivity index (χ1n) is 9.24. The van der Waals surface area contributed by atoms with Crippen LogP contribution < -0.4 is 5.32 Å². The van der Waals surface area contributed by atoms with Crippen LogP contribution in [0.1, 0.15) is 11.1 Å². The molecule has 138 valence electrons. The average Bonchev–Trinajstić information content (AvgIpc) is 3.29. The molecule has 0 fully saturated rings. The molecule has 2 aromatic carbocycles. The van der Waals surface area contributed by atoms with E-state index in [2.05, 4.69) is 45.7 Å². The van der Waals surface area contributed by atoms with Crippen molar-refractivity contribution < 1.29 is 0 Å². The van der Waals surface area contributed by atoms with Crippen molar-refractivity contribution in [2.45, 2.75) is 13.5 Å². The van der Waals surface area contributed by atoms with Gasteiger partial charge in [-0.05, 0) is 24.6 Å². The summed E-state index contributed by atoms with van der Waals surface area (Å²) in [5.74, 6) is 0.915. The fourth-order valence-electron chi connectivity index (χ4n) is 3.44. The number of fused-ring (bicyclic) bond motifs is 2. The number of nitrogens with zero attached hydrogens (tertiary/aromatic N) is 5. The summed E-state index contributed by atoms with van der Waals surface area (Å²) < 4.78 is 3.89. The second-order valence-corrected chi connectivity index (χ2v) is 6.99. The molecule has 0 aliphatic rings. The minimum atomic E-state index is 0.679. The van der Waals surface area contributed by atoms with Gasteiger partial charge >= 0.3 is 0 Å². The van der Waals surface area contributed by atoms with Crippen LogP contribution in [0.4, 0.5) is 5.82 Å². The number of imidazole rings is 1. The monoisotopic (exact) mass is 368 g/mol. The van der Waals surface area contributed by atoms with E-state index in [1.807, 2.05) is 59.8 Å². The molecule has 0 spiro atoms. The summed E-state index contributed by atoms with van der Waals surface area (Å²) in [4.78, 5) is 9.26. The fraction of sp³-hybridized carbons (Fsp3) is 0.136. The Labute approximate surface area is 162 Å². The minimum Gasteiger partial charge on any atom is -0.366 e. The Balaban J connectivity index is 1.52. The van der Waals surface area contributed by atoms with Crippen molar-refractivity contribution in [1.82, 2.24) is 24.1 Å². The Hall–Kier alpha value is -3.67. The zero-order chi connectivity index (χ0) is 19.1. The quantitative estimate of drug-likeness (QED) is 0.516. The van der Waals surface area contributed by atoms with Gasteiger partial charge in [0.15, 0.2) is 5.65 Å². The van der Waals surface area contributed by atoms with E-state index in [1.54, 1.807) is 0 Å². The normalized spacial score (nSPS) is 11.4. The Bertz CT molecular complexity index is 1280. The molecule has 6 nitrogen and oxygen atoms in total. The van der Waals surface area contributed by atoms with Crippen LogP contribution in [-0.2, 0) is 13.6 Å². The Morgan fingerprint density at radius 1 is 1.04 bits per heavy atom. The van der Waals surface area contributed by atoms with Crippen molar-refractivity contribution in [3.63, 3.8) is 0 Å². The van der Waals surface area contributed by atoms with E-state index < -0.39 is 0 Å². The third kappa shape index (κ3) is 2.79. The Morgan fingerprint density at radius 2 is 1.89 bits per heavy atom. The smallest absolute Gasteiger partial charge is 0.160 e. The number of aromatic nitrogens is 5. The molecule has 0 amide bonds. The maximum Gasteiger partial charge on any atom is 0.160 e. The van der Waals surface area contributed by atoms with Crippen LogP contribution in [-0.4, -0.2) is 24.1 Å². The van der Waals surface area contributed by atoms with Crippen LogP contribution >= 0.6 is 0 Å². The molecular weight excluding hydrogens is 348 g/mol. The van der Waals surface area contributed by atoms with Crippen LogP contribution in [0, 0.1) is 6.92 Å². The lowest BCUT2D eigenvalue weighted by Crippen LogP contribution is -2.07. The predicted molar refractivity (Wildman–Crippen MR) is 111 cm³/mol. The van der Waals surface area contributed by atoms with Crippen molar-refractivity contribution in [1.29, 1.82) is 0 Å². The fourth-order valence-corrected chi connectivity index (χ4v) is 3.44. The summed E-state index contributed by atoms with van der Waals surface area (Å²) in [6.45, 7) is 2.71. The molecule has 6 heteroatoms. The maximum absolute atomic E-state index is 4.81. The van der Waals surface area contributed by atoms with Crippen LogP contribution in [0.25, 0.3) is 27.9 Å². The highest BCUT2D eigenvalue weighted by molar-refractivity contribution is 5.76. The third-order valence-corrected chi connectivity index (χ3v) is 4.98. The van der Waals surface area contributed by atoms with E-state index in [0.29, 0.717) is 6.54 Å². The Kier molecular flexibility index (Phi) is 3.83. The highest BCUT2D eigenvalue weighted by Crippen LogP contribution is 2.24. The molecule has 0 bridgehead atoms. The van der Waals surface area contributed by atoms with Gasteiger partial charge in [0.2, 0.25) is 0 Å².